The number of ether oxygens (including phenoxy) is 2. The number of aryl methyl sites for hydroxylation is 4. The molecule has 9 N–H and O–H groups in total. The van der Waals surface area contributed by atoms with Crippen LogP contribution in [0.4, 0.5) is 27.2 Å². The highest BCUT2D eigenvalue weighted by atomic mass is 79.9. The van der Waals surface area contributed by atoms with Gasteiger partial charge in [-0.25, -0.2) is 81.4 Å². The van der Waals surface area contributed by atoms with Crippen LogP contribution in [0, 0.1) is 27.7 Å². The molecule has 0 saturated carbocycles. The molecule has 0 bridgehead atoms. The first kappa shape index (κ1) is 103. The number of amides is 2. The van der Waals surface area contributed by atoms with Crippen LogP contribution in [0.1, 0.15) is 177 Å². The van der Waals surface area contributed by atoms with Crippen molar-refractivity contribution in [1.29, 1.82) is 0 Å². The zero-order chi connectivity index (χ0) is 92.1. The summed E-state index contributed by atoms with van der Waals surface area (Å²) < 4.78 is 171. The molecule has 1 heterocycles. The molecule has 1 saturated heterocycles. The Balaban J connectivity index is 0.000000260. The van der Waals surface area contributed by atoms with E-state index in [9.17, 15) is 85.1 Å². The first-order valence-electron chi connectivity index (χ1n) is 37.3. The van der Waals surface area contributed by atoms with Crippen LogP contribution in [0.2, 0.25) is 0 Å². The van der Waals surface area contributed by atoms with Crippen molar-refractivity contribution < 1.29 is 104 Å². The Morgan fingerprint density at radius 2 is 0.697 bits per heavy atom. The normalized spacial score (nSPS) is 13.4. The van der Waals surface area contributed by atoms with Crippen molar-refractivity contribution in [3.05, 3.63) is 248 Å². The number of nitrogens with zero attached hydrogens (tertiary/aromatic N) is 2. The van der Waals surface area contributed by atoms with Crippen LogP contribution >= 0.6 is 59.4 Å². The maximum Gasteiger partial charge on any atom is 0.495 e. The number of Topliss-reactive ketones (excluding diaryl/α,β-unsaturated/α-hetero) is 4. The van der Waals surface area contributed by atoms with Crippen molar-refractivity contribution in [2.75, 3.05) is 13.1 Å². The van der Waals surface area contributed by atoms with E-state index in [-0.39, 0.29) is 93.7 Å². The lowest BCUT2D eigenvalue weighted by Crippen LogP contribution is -2.43. The molecule has 0 spiro atoms. The minimum atomic E-state index is -3.91. The molecule has 0 aromatic heterocycles. The summed E-state index contributed by atoms with van der Waals surface area (Å²) in [7, 11) is -16.2. The number of hydrogen-bond donors (Lipinski definition) is 5. The Morgan fingerprint density at radius 1 is 0.434 bits per heavy atom. The van der Waals surface area contributed by atoms with Crippen molar-refractivity contribution in [3.8, 4) is 0 Å². The highest BCUT2D eigenvalue weighted by Crippen LogP contribution is 2.38. The molecule has 1 fully saturated rings. The van der Waals surface area contributed by atoms with Crippen molar-refractivity contribution >= 4 is 147 Å². The highest BCUT2D eigenvalue weighted by molar-refractivity contribution is 9.11. The standard InChI is InChI=1S/C29H39BF2N2O7S.C23H27BrF2N2O5S.C16H15BrClNO3S.C16H16BrNO4S/c1-18-13-19(9-12-24(18)42(33,37)38)14-23(35)20-10-11-22(30-40-28(5,6)29(7,8)41-30)21(15-20)16-34(17-25(31)32)26(36)39-27(2,3)4;1-14-9-15(5-8-20(14)34(27,31)32)10-19(29)16-6-7-18(24)17(11-16)12-28(13-21(25)26)22(30)33-23(2,3)4;1-10-6-11(2-5-16(10)23(19,21)22)7-15(20)12-3-4-14(17)13(8-12)9-18;1-10-6-11(2-5-16(10)23(18,21)22)7-15(20)12-3-4-14(17)13(8-12)9-19/h9-13,15,25H,14,16-17H2,1-8H3,(H2,33,37,38);5-9,11,21H,10,12-13H2,1-4H3,(H2,27,31,32);2-6,8H,7,9H2,1H3,(H2,19,21,22);2-6,8,19H,7,9H2,1H3,(H2,18,21,22). The van der Waals surface area contributed by atoms with Crippen molar-refractivity contribution in [2.24, 2.45) is 20.6 Å². The molecular formula is C84H97BBr3ClF4N6O19S4. The van der Waals surface area contributed by atoms with Gasteiger partial charge in [0.25, 0.3) is 12.9 Å². The van der Waals surface area contributed by atoms with Gasteiger partial charge in [0.1, 0.15) is 11.2 Å². The molecule has 8 aromatic rings. The smallest absolute Gasteiger partial charge is 0.444 e. The summed E-state index contributed by atoms with van der Waals surface area (Å²) in [5, 5.41) is 29.9. The number of primary sulfonamides is 4. The molecule has 122 heavy (non-hydrogen) atoms. The molecule has 0 unspecified atom stereocenters. The summed E-state index contributed by atoms with van der Waals surface area (Å²) in [4.78, 5) is 78.2. The van der Waals surface area contributed by atoms with E-state index in [1.807, 2.05) is 27.7 Å². The van der Waals surface area contributed by atoms with E-state index in [0.717, 1.165) is 29.9 Å². The lowest BCUT2D eigenvalue weighted by Gasteiger charge is -2.32. The fourth-order valence-electron chi connectivity index (χ4n) is 12.2. The fraction of sp³-hybridized carbons (Fsp3) is 0.357. The summed E-state index contributed by atoms with van der Waals surface area (Å²) in [5.41, 5.74) is 5.71. The number of aliphatic hydroxyl groups excluding tert-OH is 1. The predicted molar refractivity (Wildman–Crippen MR) is 468 cm³/mol. The maximum absolute atomic E-state index is 13.6. The summed E-state index contributed by atoms with van der Waals surface area (Å²) in [6.07, 6.45) is -7.17. The zero-order valence-corrected chi connectivity index (χ0v) is 78.1. The lowest BCUT2D eigenvalue weighted by molar-refractivity contribution is 0.00578. The average Bonchev–Trinajstić information content (AvgIpc) is 1.61. The second kappa shape index (κ2) is 42.3. The Kier molecular flexibility index (Phi) is 35.7. The van der Waals surface area contributed by atoms with E-state index in [1.165, 1.54) is 48.5 Å². The highest BCUT2D eigenvalue weighted by Gasteiger charge is 2.52. The van der Waals surface area contributed by atoms with Crippen LogP contribution in [-0.2, 0) is 110 Å². The zero-order valence-electron chi connectivity index (χ0n) is 69.3. The van der Waals surface area contributed by atoms with E-state index < -0.39 is 108 Å². The molecule has 9 rings (SSSR count). The maximum atomic E-state index is 13.6. The van der Waals surface area contributed by atoms with Gasteiger partial charge >= 0.3 is 19.3 Å². The number of carbonyl (C=O) groups is 6. The van der Waals surface area contributed by atoms with Gasteiger partial charge in [0.15, 0.2) is 23.1 Å². The number of carbonyl (C=O) groups excluding carboxylic acids is 6. The second-order valence-electron chi connectivity index (χ2n) is 31.7. The SMILES string of the molecule is Cc1cc(CC(=O)c2ccc(B3OC(C)(C)C(C)(C)O3)c(CN(CC(F)F)C(=O)OC(C)(C)C)c2)ccc1S(N)(=O)=O.Cc1cc(CC(=O)c2ccc(Br)c(CCl)c2)ccc1S(N)(=O)=O.Cc1cc(CC(=O)c2ccc(Br)c(CN(CC(F)F)C(=O)OC(C)(C)C)c2)ccc1S(N)(=O)=O.Cc1cc(CC(=O)c2ccc(Br)c(CO)c2)ccc1S(N)(=O)=O. The third kappa shape index (κ3) is 30.4. The van der Waals surface area contributed by atoms with Crippen LogP contribution in [0.3, 0.4) is 0 Å². The molecule has 0 aliphatic carbocycles. The number of ketones is 4. The van der Waals surface area contributed by atoms with Crippen LogP contribution in [-0.4, -0.2) is 139 Å². The van der Waals surface area contributed by atoms with E-state index in [1.54, 1.807) is 166 Å². The van der Waals surface area contributed by atoms with Gasteiger partial charge < -0.3 is 23.9 Å². The van der Waals surface area contributed by atoms with Gasteiger partial charge in [-0.1, -0.05) is 127 Å². The van der Waals surface area contributed by atoms with Crippen LogP contribution in [0.25, 0.3) is 0 Å². The van der Waals surface area contributed by atoms with Gasteiger partial charge in [-0.15, -0.1) is 11.6 Å². The number of benzene rings is 8. The first-order valence-corrected chi connectivity index (χ1v) is 46.3. The van der Waals surface area contributed by atoms with Crippen LogP contribution in [0.15, 0.2) is 179 Å². The predicted octanol–water partition coefficient (Wildman–Crippen LogP) is 15.1. The van der Waals surface area contributed by atoms with Crippen LogP contribution < -0.4 is 26.0 Å². The molecule has 38 heteroatoms. The molecule has 1 aliphatic rings. The van der Waals surface area contributed by atoms with Gasteiger partial charge in [-0.05, 0) is 236 Å². The molecule has 8 aromatic carbocycles. The minimum absolute atomic E-state index is 0.0143. The quantitative estimate of drug-likeness (QED) is 0.0138. The number of hydrogen-bond acceptors (Lipinski definition) is 19. The van der Waals surface area contributed by atoms with E-state index in [4.69, 9.17) is 50.9 Å². The molecular weight excluding hydrogens is 1890 g/mol. The topological polar surface area (TPSA) is 407 Å². The fourth-order valence-corrected chi connectivity index (χ4v) is 16.8. The number of aliphatic hydroxyl groups is 1. The monoisotopic (exact) mass is 1980 g/mol. The van der Waals surface area contributed by atoms with Crippen molar-refractivity contribution in [3.63, 3.8) is 0 Å². The Bertz CT molecular complexity index is 5590. The largest absolute Gasteiger partial charge is 0.495 e. The molecule has 2 amide bonds. The van der Waals surface area contributed by atoms with Gasteiger partial charge in [0, 0.05) is 73.8 Å². The van der Waals surface area contributed by atoms with Gasteiger partial charge in [0.2, 0.25) is 40.1 Å². The number of alkyl halides is 5. The molecule has 25 nitrogen and oxygen atoms in total. The molecule has 660 valence electrons. The van der Waals surface area contributed by atoms with E-state index in [2.05, 4.69) is 47.8 Å². The Labute approximate surface area is 740 Å². The lowest BCUT2D eigenvalue weighted by atomic mass is 9.75. The molecule has 0 atom stereocenters. The van der Waals surface area contributed by atoms with Crippen LogP contribution in [0.5, 0.6) is 0 Å². The average molecular weight is 1980 g/mol. The summed E-state index contributed by atoms with van der Waals surface area (Å²) in [6.45, 7) is 21.4. The van der Waals surface area contributed by atoms with Gasteiger partial charge in [-0.3, -0.25) is 29.0 Å². The Hall–Kier alpha value is -7.99. The third-order valence-electron chi connectivity index (χ3n) is 18.8. The van der Waals surface area contributed by atoms with Crippen molar-refractivity contribution in [1.82, 2.24) is 9.80 Å². The van der Waals surface area contributed by atoms with E-state index in [0.29, 0.717) is 88.1 Å². The minimum Gasteiger partial charge on any atom is -0.444 e. The summed E-state index contributed by atoms with van der Waals surface area (Å²) in [5.74, 6) is -0.447. The first-order chi connectivity index (χ1) is 56.1. The number of halogens is 8. The number of sulfonamides is 4. The van der Waals surface area contributed by atoms with Crippen molar-refractivity contribution in [2.45, 2.75) is 203 Å². The molecule has 1 aliphatic heterocycles. The van der Waals surface area contributed by atoms with E-state index >= 15 is 0 Å². The third-order valence-corrected chi connectivity index (χ3v) is 25.7. The van der Waals surface area contributed by atoms with Gasteiger partial charge in [-0.2, -0.15) is 0 Å². The summed E-state index contributed by atoms with van der Waals surface area (Å²) >= 11 is 15.9. The molecule has 0 radical (unpaired) electrons. The summed E-state index contributed by atoms with van der Waals surface area (Å²) in [6, 6.07) is 38.0. The van der Waals surface area contributed by atoms with Gasteiger partial charge in [0.05, 0.1) is 57.0 Å². The Morgan fingerprint density at radius 3 is 0.967 bits per heavy atom. The number of rotatable bonds is 27. The second-order valence-corrected chi connectivity index (χ2v) is 40.6. The number of nitrogens with two attached hydrogens (primary N) is 4.